The fourth-order valence-electron chi connectivity index (χ4n) is 12.3. The summed E-state index contributed by atoms with van der Waals surface area (Å²) in [6, 6.07) is 58.8. The number of nitrogens with zero attached hydrogens (tertiary/aromatic N) is 3. The molecule has 0 amide bonds. The summed E-state index contributed by atoms with van der Waals surface area (Å²) in [6.45, 7) is 34.7. The van der Waals surface area contributed by atoms with Gasteiger partial charge in [-0.05, 0) is 138 Å². The second-order valence-corrected chi connectivity index (χ2v) is 28.2. The van der Waals surface area contributed by atoms with E-state index in [4.69, 9.17) is 4.42 Å². The highest BCUT2D eigenvalue weighted by Gasteiger charge is 2.45. The lowest BCUT2D eigenvalue weighted by molar-refractivity contribution is 0.587. The number of aromatic nitrogens is 1. The molecule has 13 rings (SSSR count). The summed E-state index contributed by atoms with van der Waals surface area (Å²) in [7, 11) is 0. The third-order valence-corrected chi connectivity index (χ3v) is 17.9. The first kappa shape index (κ1) is 48.6. The lowest BCUT2D eigenvalue weighted by atomic mass is 9.33. The second-order valence-electron chi connectivity index (χ2n) is 27.2. The van der Waals surface area contributed by atoms with Crippen molar-refractivity contribution in [3.05, 3.63) is 179 Å². The van der Waals surface area contributed by atoms with Crippen LogP contribution in [0, 0.1) is 0 Å². The SMILES string of the molecule is CC(C)(C)c1ccc(N(c2ccc(C(C)(C)C)cc2)c2cc3c4c(c2)-n2c5c(cc(C(C)(C)C)cc5c5sc6ccccc6c52)B4c2ccc(C(C)(C)C)cc2N3c2cccc3c2oc2cc(C(C)(C)C)ccc23)cc1. The average molecular weight is 1010 g/mol. The van der Waals surface area contributed by atoms with Crippen LogP contribution in [0.25, 0.3) is 58.8 Å². The fraction of sp³-hybridized carbons (Fsp3) is 0.286. The molecule has 0 atom stereocenters. The summed E-state index contributed by atoms with van der Waals surface area (Å²) >= 11 is 1.94. The third-order valence-electron chi connectivity index (χ3n) is 16.7. The van der Waals surface area contributed by atoms with Crippen molar-refractivity contribution in [1.82, 2.24) is 4.57 Å². The molecule has 8 aromatic carbocycles. The first-order chi connectivity index (χ1) is 35.8. The van der Waals surface area contributed by atoms with E-state index in [1.807, 2.05) is 11.3 Å². The lowest BCUT2D eigenvalue weighted by Gasteiger charge is -2.42. The van der Waals surface area contributed by atoms with Gasteiger partial charge in [-0.1, -0.05) is 189 Å². The molecule has 6 heteroatoms. The van der Waals surface area contributed by atoms with Crippen molar-refractivity contribution in [2.24, 2.45) is 0 Å². The van der Waals surface area contributed by atoms with Crippen LogP contribution >= 0.6 is 11.3 Å². The molecule has 0 saturated heterocycles. The van der Waals surface area contributed by atoms with Crippen LogP contribution in [0.1, 0.15) is 132 Å². The van der Waals surface area contributed by atoms with Gasteiger partial charge in [0.15, 0.2) is 5.58 Å². The topological polar surface area (TPSA) is 24.6 Å². The van der Waals surface area contributed by atoms with E-state index in [9.17, 15) is 0 Å². The molecule has 0 saturated carbocycles. The van der Waals surface area contributed by atoms with Crippen LogP contribution in [-0.2, 0) is 27.1 Å². The molecule has 2 aliphatic rings. The van der Waals surface area contributed by atoms with Gasteiger partial charge in [0.05, 0.1) is 27.1 Å². The Kier molecular flexibility index (Phi) is 10.4. The first-order valence-electron chi connectivity index (χ1n) is 27.4. The maximum atomic E-state index is 7.27. The van der Waals surface area contributed by atoms with E-state index >= 15 is 0 Å². The molecule has 76 heavy (non-hydrogen) atoms. The number of hydrogen-bond acceptors (Lipinski definition) is 4. The second kappa shape index (κ2) is 16.3. The summed E-state index contributed by atoms with van der Waals surface area (Å²) in [5.41, 5.74) is 22.6. The summed E-state index contributed by atoms with van der Waals surface area (Å²) in [6.07, 6.45) is 0. The number of para-hydroxylation sites is 1. The molecule has 0 N–H and O–H groups in total. The standard InChI is InChI=1S/C70H70BN3OS/c1-66(2,3)41-23-29-46(30-24-41)72(47-31-25-42(26-32-47)67(4,5)6)48-39-57-61-58(40-48)74-62-52(65-63(74)51-19-16-17-22-60(51)76-65)35-45(70(13,14)15)36-54(62)71(61)53-34-28-43(68(7,8)9)37-56(53)73(57)55-21-18-20-50-49-33-27-44(69(10,11)12)38-59(49)75-64(50)55/h16-40H,1-15H3. The quantitative estimate of drug-likeness (QED) is 0.164. The van der Waals surface area contributed by atoms with Gasteiger partial charge >= 0.3 is 0 Å². The van der Waals surface area contributed by atoms with Crippen molar-refractivity contribution in [3.63, 3.8) is 0 Å². The Morgan fingerprint density at radius 2 is 0.974 bits per heavy atom. The van der Waals surface area contributed by atoms with E-state index in [1.165, 1.54) is 86.8 Å². The van der Waals surface area contributed by atoms with Crippen LogP contribution in [0.15, 0.2) is 156 Å². The van der Waals surface area contributed by atoms with E-state index in [-0.39, 0.29) is 33.8 Å². The van der Waals surface area contributed by atoms with Crippen molar-refractivity contribution in [2.75, 3.05) is 9.80 Å². The minimum atomic E-state index is -0.107. The van der Waals surface area contributed by atoms with Crippen molar-refractivity contribution >= 4 is 122 Å². The van der Waals surface area contributed by atoms with Crippen LogP contribution in [0.3, 0.4) is 0 Å². The lowest BCUT2D eigenvalue weighted by Crippen LogP contribution is -2.60. The van der Waals surface area contributed by atoms with Gasteiger partial charge in [0.2, 0.25) is 0 Å². The molecule has 0 aliphatic carbocycles. The number of thiophene rings is 1. The van der Waals surface area contributed by atoms with Gasteiger partial charge in [0, 0.05) is 54.7 Å². The zero-order valence-electron chi connectivity index (χ0n) is 47.2. The Hall–Kier alpha value is -7.02. The molecule has 0 radical (unpaired) electrons. The molecule has 0 fully saturated rings. The first-order valence-corrected chi connectivity index (χ1v) is 28.3. The Morgan fingerprint density at radius 3 is 1.61 bits per heavy atom. The van der Waals surface area contributed by atoms with Crippen LogP contribution in [0.5, 0.6) is 0 Å². The van der Waals surface area contributed by atoms with E-state index in [0.29, 0.717) is 0 Å². The van der Waals surface area contributed by atoms with Gasteiger partial charge < -0.3 is 18.8 Å². The Labute approximate surface area is 454 Å². The van der Waals surface area contributed by atoms with E-state index in [0.717, 1.165) is 50.4 Å². The normalized spacial score (nSPS) is 13.9. The molecule has 5 heterocycles. The van der Waals surface area contributed by atoms with Crippen LogP contribution in [-0.4, -0.2) is 11.3 Å². The van der Waals surface area contributed by atoms with Crippen molar-refractivity contribution in [2.45, 2.75) is 131 Å². The smallest absolute Gasteiger partial charge is 0.252 e. The number of fused-ring (bicyclic) bond motifs is 12. The van der Waals surface area contributed by atoms with Gasteiger partial charge in [-0.3, -0.25) is 0 Å². The largest absolute Gasteiger partial charge is 0.454 e. The molecule has 0 unspecified atom stereocenters. The van der Waals surface area contributed by atoms with Gasteiger partial charge in [-0.25, -0.2) is 0 Å². The molecule has 380 valence electrons. The average Bonchev–Trinajstić information content (AvgIpc) is 4.22. The number of furan rings is 1. The summed E-state index contributed by atoms with van der Waals surface area (Å²) in [5.74, 6) is 0. The highest BCUT2D eigenvalue weighted by molar-refractivity contribution is 7.26. The van der Waals surface area contributed by atoms with Crippen LogP contribution in [0.2, 0.25) is 0 Å². The molecule has 11 aromatic rings. The molecule has 0 spiro atoms. The fourth-order valence-corrected chi connectivity index (χ4v) is 13.5. The zero-order chi connectivity index (χ0) is 53.3. The highest BCUT2D eigenvalue weighted by atomic mass is 32.1. The summed E-state index contributed by atoms with van der Waals surface area (Å²) < 4.78 is 12.6. The predicted octanol–water partition coefficient (Wildman–Crippen LogP) is 18.5. The highest BCUT2D eigenvalue weighted by Crippen LogP contribution is 2.51. The van der Waals surface area contributed by atoms with E-state index in [1.54, 1.807) is 0 Å². The van der Waals surface area contributed by atoms with Crippen LogP contribution < -0.4 is 26.2 Å². The molecule has 2 aliphatic heterocycles. The molecule has 3 aromatic heterocycles. The van der Waals surface area contributed by atoms with Crippen molar-refractivity contribution in [3.8, 4) is 5.69 Å². The van der Waals surface area contributed by atoms with E-state index < -0.39 is 0 Å². The number of hydrogen-bond donors (Lipinski definition) is 0. The number of rotatable bonds is 4. The predicted molar refractivity (Wildman–Crippen MR) is 331 cm³/mol. The molecular weight excluding hydrogens is 942 g/mol. The van der Waals surface area contributed by atoms with Crippen molar-refractivity contribution < 1.29 is 4.42 Å². The summed E-state index contributed by atoms with van der Waals surface area (Å²) in [5, 5.41) is 4.87. The van der Waals surface area contributed by atoms with E-state index in [2.05, 4.69) is 270 Å². The molecule has 0 bridgehead atoms. The Bertz CT molecular complexity index is 4130. The third kappa shape index (κ3) is 7.44. The van der Waals surface area contributed by atoms with Gasteiger partial charge in [0.1, 0.15) is 5.58 Å². The number of anilines is 6. The monoisotopic (exact) mass is 1010 g/mol. The Balaban J connectivity index is 1.21. The maximum absolute atomic E-state index is 7.27. The summed E-state index contributed by atoms with van der Waals surface area (Å²) in [4.78, 5) is 5.09. The molecular formula is C70H70BN3OS. The molecule has 4 nitrogen and oxygen atoms in total. The van der Waals surface area contributed by atoms with Gasteiger partial charge in [-0.15, -0.1) is 11.3 Å². The minimum Gasteiger partial charge on any atom is -0.454 e. The Morgan fingerprint density at radius 1 is 0.408 bits per heavy atom. The van der Waals surface area contributed by atoms with Gasteiger partial charge in [0.25, 0.3) is 6.71 Å². The zero-order valence-corrected chi connectivity index (χ0v) is 48.0. The van der Waals surface area contributed by atoms with Crippen LogP contribution in [0.4, 0.5) is 34.1 Å². The number of benzene rings is 8. The van der Waals surface area contributed by atoms with Gasteiger partial charge in [-0.2, -0.15) is 0 Å². The minimum absolute atomic E-state index is 0.00320. The van der Waals surface area contributed by atoms with Crippen molar-refractivity contribution in [1.29, 1.82) is 0 Å². The maximum Gasteiger partial charge on any atom is 0.252 e.